The van der Waals surface area contributed by atoms with Crippen molar-refractivity contribution in [3.8, 4) is 17.9 Å². The summed E-state index contributed by atoms with van der Waals surface area (Å²) in [5.74, 6) is -0.0405. The van der Waals surface area contributed by atoms with Gasteiger partial charge in [-0.25, -0.2) is 9.45 Å². The molecule has 2 aromatic rings. The Morgan fingerprint density at radius 3 is 2.62 bits per heavy atom. The van der Waals surface area contributed by atoms with Gasteiger partial charge in [-0.3, -0.25) is 14.6 Å². The van der Waals surface area contributed by atoms with Crippen LogP contribution in [0.15, 0.2) is 36.7 Å². The highest BCUT2D eigenvalue weighted by molar-refractivity contribution is 5.78. The fraction of sp³-hybridized carbons (Fsp3) is 0.417. The van der Waals surface area contributed by atoms with Crippen LogP contribution in [0.1, 0.15) is 54.8 Å². The van der Waals surface area contributed by atoms with Crippen LogP contribution >= 0.6 is 0 Å². The summed E-state index contributed by atoms with van der Waals surface area (Å²) >= 11 is 0. The summed E-state index contributed by atoms with van der Waals surface area (Å²) in [6, 6.07) is 9.50. The lowest BCUT2D eigenvalue weighted by Gasteiger charge is -2.31. The maximum atomic E-state index is 13.6. The Kier molecular flexibility index (Phi) is 6.63. The van der Waals surface area contributed by atoms with E-state index in [4.69, 9.17) is 20.1 Å². The third kappa shape index (κ3) is 4.87. The van der Waals surface area contributed by atoms with Crippen LogP contribution in [0.5, 0.6) is 5.75 Å². The Labute approximate surface area is 185 Å². The van der Waals surface area contributed by atoms with Gasteiger partial charge in [0.2, 0.25) is 5.91 Å². The standard InChI is InChI=1S/C24H23FN4O3/c25-21-8-17(11-26)9-22(10-21)31-15-16-1-3-19(4-2-16)24(30)29-23(5-6-32-29)20-7-18(12-27)13-28-14-20/h7-10,13-14,16,19,23H,1-6,15H2/t16?,19?,23-/m0/s1. The first kappa shape index (κ1) is 21.7. The highest BCUT2D eigenvalue weighted by Crippen LogP contribution is 2.36. The van der Waals surface area contributed by atoms with Gasteiger partial charge < -0.3 is 4.74 Å². The van der Waals surface area contributed by atoms with Crippen LogP contribution in [0.2, 0.25) is 0 Å². The molecule has 2 heterocycles. The number of pyridine rings is 1. The van der Waals surface area contributed by atoms with Gasteiger partial charge in [-0.1, -0.05) is 0 Å². The largest absolute Gasteiger partial charge is 0.493 e. The second kappa shape index (κ2) is 9.76. The summed E-state index contributed by atoms with van der Waals surface area (Å²) in [4.78, 5) is 22.9. The normalized spacial score (nSPS) is 22.7. The van der Waals surface area contributed by atoms with Crippen molar-refractivity contribution in [1.29, 1.82) is 10.5 Å². The molecule has 2 aliphatic rings. The predicted octanol–water partition coefficient (Wildman–Crippen LogP) is 4.05. The van der Waals surface area contributed by atoms with Crippen LogP contribution in [0.3, 0.4) is 0 Å². The summed E-state index contributed by atoms with van der Waals surface area (Å²) in [6.45, 7) is 0.874. The van der Waals surface area contributed by atoms with Crippen molar-refractivity contribution in [3.63, 3.8) is 0 Å². The van der Waals surface area contributed by atoms with Crippen molar-refractivity contribution in [2.45, 2.75) is 38.1 Å². The lowest BCUT2D eigenvalue weighted by Crippen LogP contribution is -2.37. The van der Waals surface area contributed by atoms with E-state index in [1.165, 1.54) is 29.5 Å². The Morgan fingerprint density at radius 2 is 1.88 bits per heavy atom. The summed E-state index contributed by atoms with van der Waals surface area (Å²) in [6.07, 6.45) is 6.94. The molecule has 0 radical (unpaired) electrons. The fourth-order valence-electron chi connectivity index (χ4n) is 4.37. The molecule has 4 rings (SSSR count). The monoisotopic (exact) mass is 434 g/mol. The number of hydrogen-bond donors (Lipinski definition) is 0. The van der Waals surface area contributed by atoms with Crippen molar-refractivity contribution in [2.24, 2.45) is 11.8 Å². The van der Waals surface area contributed by atoms with Crippen LogP contribution in [0, 0.1) is 40.3 Å². The summed E-state index contributed by atoms with van der Waals surface area (Å²) in [5, 5.41) is 19.5. The van der Waals surface area contributed by atoms with Crippen molar-refractivity contribution in [2.75, 3.05) is 13.2 Å². The van der Waals surface area contributed by atoms with Crippen molar-refractivity contribution < 1.29 is 18.8 Å². The lowest BCUT2D eigenvalue weighted by molar-refractivity contribution is -0.183. The molecule has 1 atom stereocenters. The quantitative estimate of drug-likeness (QED) is 0.704. The molecular formula is C24H23FN4O3. The van der Waals surface area contributed by atoms with Crippen LogP contribution in [0.4, 0.5) is 4.39 Å². The minimum absolute atomic E-state index is 0.0296. The number of carbonyl (C=O) groups excluding carboxylic acids is 1. The van der Waals surface area contributed by atoms with Crippen LogP contribution in [0.25, 0.3) is 0 Å². The van der Waals surface area contributed by atoms with Gasteiger partial charge in [-0.2, -0.15) is 10.5 Å². The minimum Gasteiger partial charge on any atom is -0.493 e. The van der Waals surface area contributed by atoms with E-state index in [-0.39, 0.29) is 29.3 Å². The number of amides is 1. The van der Waals surface area contributed by atoms with Crippen LogP contribution in [-0.4, -0.2) is 29.2 Å². The van der Waals surface area contributed by atoms with Gasteiger partial charge in [-0.05, 0) is 55.4 Å². The third-order valence-electron chi connectivity index (χ3n) is 6.08. The molecule has 0 spiro atoms. The number of carbonyl (C=O) groups is 1. The zero-order valence-electron chi connectivity index (χ0n) is 17.5. The number of ether oxygens (including phenoxy) is 1. The van der Waals surface area contributed by atoms with E-state index in [1.54, 1.807) is 12.3 Å². The smallest absolute Gasteiger partial charge is 0.249 e. The molecule has 0 unspecified atom stereocenters. The van der Waals surface area contributed by atoms with Crippen molar-refractivity contribution >= 4 is 5.91 Å². The number of hydroxylamine groups is 2. The topological polar surface area (TPSA) is 99.2 Å². The molecule has 1 amide bonds. The number of hydrogen-bond acceptors (Lipinski definition) is 6. The molecule has 2 fully saturated rings. The van der Waals surface area contributed by atoms with Crippen LogP contribution in [-0.2, 0) is 9.63 Å². The van der Waals surface area contributed by atoms with Crippen molar-refractivity contribution in [3.05, 3.63) is 59.2 Å². The first-order valence-electron chi connectivity index (χ1n) is 10.7. The number of nitrogens with zero attached hydrogens (tertiary/aromatic N) is 4. The first-order valence-corrected chi connectivity index (χ1v) is 10.7. The molecule has 0 bridgehead atoms. The van der Waals surface area contributed by atoms with E-state index >= 15 is 0 Å². The van der Waals surface area contributed by atoms with E-state index in [0.29, 0.717) is 30.9 Å². The number of rotatable bonds is 5. The maximum absolute atomic E-state index is 13.6. The first-order chi connectivity index (χ1) is 15.6. The molecule has 1 aliphatic carbocycles. The molecule has 1 aromatic heterocycles. The fourth-order valence-corrected chi connectivity index (χ4v) is 4.37. The Morgan fingerprint density at radius 1 is 1.09 bits per heavy atom. The van der Waals surface area contributed by atoms with Crippen LogP contribution < -0.4 is 4.74 Å². The zero-order chi connectivity index (χ0) is 22.5. The number of benzene rings is 1. The molecule has 8 heteroatoms. The van der Waals surface area contributed by atoms with Gasteiger partial charge in [0.25, 0.3) is 0 Å². The Bertz CT molecular complexity index is 1070. The predicted molar refractivity (Wildman–Crippen MR) is 111 cm³/mol. The van der Waals surface area contributed by atoms with E-state index in [9.17, 15) is 9.18 Å². The third-order valence-corrected chi connectivity index (χ3v) is 6.08. The summed E-state index contributed by atoms with van der Waals surface area (Å²) in [7, 11) is 0. The minimum atomic E-state index is -0.496. The zero-order valence-corrected chi connectivity index (χ0v) is 17.5. The molecule has 1 aromatic carbocycles. The van der Waals surface area contributed by atoms with E-state index in [1.807, 2.05) is 6.07 Å². The summed E-state index contributed by atoms with van der Waals surface area (Å²) < 4.78 is 19.3. The van der Waals surface area contributed by atoms with Gasteiger partial charge in [0.1, 0.15) is 17.6 Å². The lowest BCUT2D eigenvalue weighted by atomic mass is 9.81. The molecule has 164 valence electrons. The van der Waals surface area contributed by atoms with Crippen molar-refractivity contribution in [1.82, 2.24) is 10.0 Å². The maximum Gasteiger partial charge on any atom is 0.249 e. The average molecular weight is 434 g/mol. The van der Waals surface area contributed by atoms with E-state index < -0.39 is 5.82 Å². The van der Waals surface area contributed by atoms with E-state index in [2.05, 4.69) is 11.1 Å². The van der Waals surface area contributed by atoms with Gasteiger partial charge in [0.05, 0.1) is 36.5 Å². The van der Waals surface area contributed by atoms with E-state index in [0.717, 1.165) is 31.2 Å². The molecule has 0 N–H and O–H groups in total. The Balaban J connectivity index is 1.32. The molecule has 7 nitrogen and oxygen atoms in total. The average Bonchev–Trinajstić information content (AvgIpc) is 3.32. The number of nitriles is 2. The molecule has 1 aliphatic heterocycles. The highest BCUT2D eigenvalue weighted by atomic mass is 19.1. The second-order valence-corrected chi connectivity index (χ2v) is 8.24. The highest BCUT2D eigenvalue weighted by Gasteiger charge is 2.37. The molecule has 1 saturated heterocycles. The van der Waals surface area contributed by atoms with Gasteiger partial charge in [0.15, 0.2) is 0 Å². The Hall–Kier alpha value is -3.49. The molecule has 32 heavy (non-hydrogen) atoms. The number of aromatic nitrogens is 1. The van der Waals surface area contributed by atoms with Gasteiger partial charge in [-0.15, -0.1) is 0 Å². The SMILES string of the molecule is N#Cc1cc(F)cc(OCC2CCC(C(=O)N3OCC[C@H]3c3cncc(C#N)c3)CC2)c1. The summed E-state index contributed by atoms with van der Waals surface area (Å²) in [5.41, 5.74) is 1.50. The number of halogens is 1. The van der Waals surface area contributed by atoms with Gasteiger partial charge in [0, 0.05) is 30.8 Å². The molecule has 1 saturated carbocycles. The molecular weight excluding hydrogens is 411 g/mol. The van der Waals surface area contributed by atoms with Gasteiger partial charge >= 0.3 is 0 Å². The second-order valence-electron chi connectivity index (χ2n) is 8.24.